The molecule has 4 aliphatic heterocycles. The van der Waals surface area contributed by atoms with Gasteiger partial charge in [0.15, 0.2) is 5.82 Å². The van der Waals surface area contributed by atoms with E-state index in [0.717, 1.165) is 58.2 Å². The number of pyridine rings is 1. The zero-order chi connectivity index (χ0) is 34.3. The lowest BCUT2D eigenvalue weighted by atomic mass is 9.95. The summed E-state index contributed by atoms with van der Waals surface area (Å²) in [5.74, 6) is 1.63. The third-order valence-electron chi connectivity index (χ3n) is 11.7. The van der Waals surface area contributed by atoms with E-state index >= 15 is 8.78 Å². The highest BCUT2D eigenvalue weighted by atomic mass is 19.1. The molecule has 3 atom stereocenters. The smallest absolute Gasteiger partial charge is 0.319 e. The fourth-order valence-corrected chi connectivity index (χ4v) is 8.72. The van der Waals surface area contributed by atoms with Crippen molar-refractivity contribution in [3.63, 3.8) is 0 Å². The van der Waals surface area contributed by atoms with E-state index in [1.54, 1.807) is 0 Å². The molecule has 50 heavy (non-hydrogen) atoms. The molecule has 2 aromatic heterocycles. The van der Waals surface area contributed by atoms with E-state index in [-0.39, 0.29) is 68.9 Å². The monoisotopic (exact) mass is 681 g/mol. The van der Waals surface area contributed by atoms with Crippen molar-refractivity contribution in [2.24, 2.45) is 5.41 Å². The number of aromatic hydroxyl groups is 1. The van der Waals surface area contributed by atoms with Crippen molar-refractivity contribution in [1.82, 2.24) is 30.1 Å². The van der Waals surface area contributed by atoms with Crippen molar-refractivity contribution in [2.45, 2.75) is 62.7 Å². The summed E-state index contributed by atoms with van der Waals surface area (Å²) >= 11 is 0. The molecule has 2 N–H and O–H groups in total. The Bertz CT molecular complexity index is 2060. The van der Waals surface area contributed by atoms with Crippen LogP contribution in [-0.4, -0.2) is 108 Å². The molecule has 1 aliphatic carbocycles. The molecule has 9 rings (SSSR count). The molecule has 0 radical (unpaired) electrons. The summed E-state index contributed by atoms with van der Waals surface area (Å²) in [5, 5.41) is 15.5. The Balaban J connectivity index is 1.13. The molecule has 10 nitrogen and oxygen atoms in total. The van der Waals surface area contributed by atoms with Crippen LogP contribution in [0.3, 0.4) is 0 Å². The van der Waals surface area contributed by atoms with E-state index in [4.69, 9.17) is 30.8 Å². The first-order chi connectivity index (χ1) is 24.2. The van der Waals surface area contributed by atoms with Gasteiger partial charge in [0.1, 0.15) is 40.6 Å². The first kappa shape index (κ1) is 31.7. The summed E-state index contributed by atoms with van der Waals surface area (Å²) in [6.07, 6.45) is 12.2. The highest BCUT2D eigenvalue weighted by Gasteiger charge is 2.47. The third-order valence-corrected chi connectivity index (χ3v) is 11.7. The van der Waals surface area contributed by atoms with Crippen LogP contribution < -0.4 is 19.7 Å². The lowest BCUT2D eigenvalue weighted by Crippen LogP contribution is -2.60. The second-order valence-corrected chi connectivity index (χ2v) is 15.1. The van der Waals surface area contributed by atoms with Crippen LogP contribution in [0.2, 0.25) is 0 Å². The Hall–Kier alpha value is -4.31. The van der Waals surface area contributed by atoms with Crippen LogP contribution in [0.5, 0.6) is 17.6 Å². The normalized spacial score (nSPS) is 24.2. The number of likely N-dealkylation sites (tertiary alicyclic amines) is 1. The summed E-state index contributed by atoms with van der Waals surface area (Å²) in [5.41, 5.74) is -0.0296. The van der Waals surface area contributed by atoms with E-state index in [0.29, 0.717) is 42.4 Å². The Morgan fingerprint density at radius 3 is 2.68 bits per heavy atom. The molecule has 0 spiro atoms. The first-order valence-corrected chi connectivity index (χ1v) is 17.7. The second kappa shape index (κ2) is 11.9. The molecular weight excluding hydrogens is 640 g/mol. The third kappa shape index (κ3) is 5.29. The molecule has 3 saturated heterocycles. The molecule has 2 bridgehead atoms. The molecule has 1 saturated carbocycles. The highest BCUT2D eigenvalue weighted by molar-refractivity contribution is 6.04. The van der Waals surface area contributed by atoms with Crippen LogP contribution in [0.25, 0.3) is 32.9 Å². The fraction of sp³-hybridized carbons (Fsp3) is 0.500. The van der Waals surface area contributed by atoms with Gasteiger partial charge in [-0.2, -0.15) is 9.97 Å². The van der Waals surface area contributed by atoms with Crippen molar-refractivity contribution in [2.75, 3.05) is 58.4 Å². The van der Waals surface area contributed by atoms with Gasteiger partial charge in [-0.25, -0.2) is 13.8 Å². The minimum atomic E-state index is -0.749. The van der Waals surface area contributed by atoms with Gasteiger partial charge < -0.3 is 34.6 Å². The highest BCUT2D eigenvalue weighted by Crippen LogP contribution is 2.48. The molecule has 0 unspecified atom stereocenters. The number of halogens is 2. The number of nitrogens with zero attached hydrogens (tertiary/aromatic N) is 6. The molecule has 6 heterocycles. The molecule has 4 fully saturated rings. The van der Waals surface area contributed by atoms with Crippen molar-refractivity contribution in [3.8, 4) is 41.2 Å². The maximum atomic E-state index is 17.1. The molecule has 2 aromatic carbocycles. The van der Waals surface area contributed by atoms with E-state index in [1.165, 1.54) is 24.3 Å². The largest absolute Gasteiger partial charge is 0.508 e. The van der Waals surface area contributed by atoms with Gasteiger partial charge in [0, 0.05) is 47.6 Å². The zero-order valence-corrected chi connectivity index (χ0v) is 28.4. The number of fused-ring (bicyclic) bond motifs is 6. The summed E-state index contributed by atoms with van der Waals surface area (Å²) in [4.78, 5) is 21.5. The van der Waals surface area contributed by atoms with Crippen LogP contribution >= 0.6 is 0 Å². The number of piperidine rings is 1. The van der Waals surface area contributed by atoms with Gasteiger partial charge in [-0.15, -0.1) is 6.42 Å². The van der Waals surface area contributed by atoms with Gasteiger partial charge in [0.05, 0.1) is 18.2 Å². The van der Waals surface area contributed by atoms with Gasteiger partial charge in [-0.1, -0.05) is 12.0 Å². The molecule has 0 amide bonds. The summed E-state index contributed by atoms with van der Waals surface area (Å²) in [6.45, 7) is 4.51. The minimum absolute atomic E-state index is 0.00212. The van der Waals surface area contributed by atoms with Crippen molar-refractivity contribution in [3.05, 3.63) is 41.5 Å². The lowest BCUT2D eigenvalue weighted by molar-refractivity contribution is 0.105. The number of aromatic nitrogens is 3. The van der Waals surface area contributed by atoms with Crippen LogP contribution in [0.15, 0.2) is 24.3 Å². The van der Waals surface area contributed by atoms with Gasteiger partial charge >= 0.3 is 6.01 Å². The number of hydrogen-bond donors (Lipinski definition) is 2. The maximum absolute atomic E-state index is 17.1. The van der Waals surface area contributed by atoms with Crippen molar-refractivity contribution >= 4 is 27.5 Å². The molecule has 5 aliphatic rings. The molecular formula is C38H41F2N7O3. The average molecular weight is 682 g/mol. The summed E-state index contributed by atoms with van der Waals surface area (Å²) < 4.78 is 45.0. The van der Waals surface area contributed by atoms with Crippen LogP contribution in [0, 0.1) is 29.4 Å². The zero-order valence-electron chi connectivity index (χ0n) is 28.4. The fourth-order valence-electron chi connectivity index (χ4n) is 8.72. The van der Waals surface area contributed by atoms with E-state index in [2.05, 4.69) is 40.0 Å². The van der Waals surface area contributed by atoms with Gasteiger partial charge in [0.2, 0.25) is 5.88 Å². The number of nitrogens with one attached hydrogen (secondary N) is 1. The van der Waals surface area contributed by atoms with Gasteiger partial charge in [-0.05, 0) is 89.3 Å². The Morgan fingerprint density at radius 1 is 1.10 bits per heavy atom. The molecule has 12 heteroatoms. The summed E-state index contributed by atoms with van der Waals surface area (Å²) in [6, 6.07) is 6.70. The van der Waals surface area contributed by atoms with Crippen LogP contribution in [0.4, 0.5) is 14.6 Å². The lowest BCUT2D eigenvalue weighted by Gasteiger charge is -2.40. The number of rotatable bonds is 7. The van der Waals surface area contributed by atoms with Crippen LogP contribution in [-0.2, 0) is 0 Å². The minimum Gasteiger partial charge on any atom is -0.508 e. The van der Waals surface area contributed by atoms with Gasteiger partial charge in [0.25, 0.3) is 0 Å². The quantitative estimate of drug-likeness (QED) is 0.267. The number of terminal acetylenes is 1. The predicted octanol–water partition coefficient (Wildman–Crippen LogP) is 4.70. The number of benzene rings is 2. The molecule has 260 valence electrons. The Morgan fingerprint density at radius 2 is 1.92 bits per heavy atom. The van der Waals surface area contributed by atoms with Crippen LogP contribution in [0.1, 0.15) is 44.1 Å². The molecule has 4 aromatic rings. The topological polar surface area (TPSA) is 99.1 Å². The standard InChI is InChI=1S/C38H41F2N7O3/c1-4-25-27(39)7-5-21-15-24(48)16-26(30(21)25)33-32(40)34-31-35(47-17-22-6-8-28(41-22)29(47)18-49-36(31)42-33)44-37(43-34)50-20-38(11-12-38)19-46-13-9-23(10-14-46)45(2)3/h1,5,7,15-16,22-23,28-29,41,48H,6,8-14,17-20H2,2-3H3/t22-,28+,29-/m1/s1. The number of phenols is 1. The van der Waals surface area contributed by atoms with E-state index < -0.39 is 11.6 Å². The first-order valence-electron chi connectivity index (χ1n) is 17.7. The number of anilines is 1. The Labute approximate surface area is 289 Å². The Kier molecular flexibility index (Phi) is 7.53. The number of piperazine rings is 1. The number of ether oxygens (including phenoxy) is 2. The predicted molar refractivity (Wildman–Crippen MR) is 187 cm³/mol. The average Bonchev–Trinajstić information content (AvgIpc) is 3.80. The SMILES string of the molecule is C#Cc1c(F)ccc2cc(O)cc(-c3nc4c5c(nc(OCC6(CN7CCC(N(C)C)CC7)CC6)nc5c3F)N3C[C@H]5CC[C@H](N5)[C@H]3CO4)c12. The second-order valence-electron chi connectivity index (χ2n) is 15.1. The van der Waals surface area contributed by atoms with Crippen molar-refractivity contribution in [1.29, 1.82) is 0 Å². The van der Waals surface area contributed by atoms with E-state index in [9.17, 15) is 5.11 Å². The van der Waals surface area contributed by atoms with Gasteiger partial charge in [-0.3, -0.25) is 0 Å². The number of hydrogen-bond acceptors (Lipinski definition) is 10. The van der Waals surface area contributed by atoms with E-state index in [1.807, 2.05) is 0 Å². The number of phenolic OH excluding ortho intramolecular Hbond substituents is 1. The summed E-state index contributed by atoms with van der Waals surface area (Å²) in [7, 11) is 4.31. The maximum Gasteiger partial charge on any atom is 0.319 e. The van der Waals surface area contributed by atoms with Crippen molar-refractivity contribution < 1.29 is 23.4 Å².